The number of hydrogen-bond acceptors (Lipinski definition) is 6. The van der Waals surface area contributed by atoms with E-state index >= 15 is 0 Å². The highest BCUT2D eigenvalue weighted by molar-refractivity contribution is 8.01. The summed E-state index contributed by atoms with van der Waals surface area (Å²) in [7, 11) is 2.03. The van der Waals surface area contributed by atoms with Crippen molar-refractivity contribution in [2.45, 2.75) is 48.3 Å². The SMILES string of the molecule is Cc1cc(Oc2ccccc2C(F)(F)F)ccc1N1C(=O)NC2c3c1ccnc3S[C@H]2C(=O)NC1CCCN(C)C1. The van der Waals surface area contributed by atoms with Gasteiger partial charge >= 0.3 is 12.2 Å². The number of thioether (sulfide) groups is 1. The van der Waals surface area contributed by atoms with Crippen molar-refractivity contribution < 1.29 is 27.5 Å². The Hall–Kier alpha value is -3.77. The Bertz CT molecular complexity index is 1520. The molecule has 6 rings (SSSR count). The van der Waals surface area contributed by atoms with Gasteiger partial charge in [-0.3, -0.25) is 9.69 Å². The van der Waals surface area contributed by atoms with Crippen molar-refractivity contribution in [1.82, 2.24) is 20.5 Å². The third kappa shape index (κ3) is 5.21. The molecular weight excluding hydrogens is 555 g/mol. The number of aryl methyl sites for hydroxylation is 1. The summed E-state index contributed by atoms with van der Waals surface area (Å²) in [6.45, 7) is 3.54. The molecule has 0 bridgehead atoms. The van der Waals surface area contributed by atoms with Gasteiger partial charge in [-0.2, -0.15) is 13.2 Å². The second-order valence-electron chi connectivity index (χ2n) is 10.5. The van der Waals surface area contributed by atoms with Gasteiger partial charge in [-0.05, 0) is 75.3 Å². The Labute approximate surface area is 239 Å². The molecule has 2 unspecified atom stereocenters. The number of piperidine rings is 1. The number of hydrogen-bond donors (Lipinski definition) is 2. The maximum atomic E-state index is 13.5. The first-order valence-electron chi connectivity index (χ1n) is 13.3. The minimum atomic E-state index is -4.56. The third-order valence-electron chi connectivity index (χ3n) is 7.56. The number of likely N-dealkylation sites (N-methyl/N-ethyl adjacent to an activating group) is 1. The zero-order valence-corrected chi connectivity index (χ0v) is 23.2. The summed E-state index contributed by atoms with van der Waals surface area (Å²) in [5, 5.41) is 6.29. The van der Waals surface area contributed by atoms with Gasteiger partial charge in [0.05, 0.1) is 23.0 Å². The minimum Gasteiger partial charge on any atom is -0.457 e. The minimum absolute atomic E-state index is 0.0558. The lowest BCUT2D eigenvalue weighted by atomic mass is 9.98. The number of halogens is 3. The van der Waals surface area contributed by atoms with E-state index < -0.39 is 29.1 Å². The molecule has 8 nitrogen and oxygen atoms in total. The molecule has 0 aliphatic carbocycles. The van der Waals surface area contributed by atoms with Gasteiger partial charge in [0.15, 0.2) is 0 Å². The number of amides is 3. The first-order chi connectivity index (χ1) is 19.6. The molecule has 3 amide bonds. The van der Waals surface area contributed by atoms with Crippen LogP contribution in [0.4, 0.5) is 29.3 Å². The van der Waals surface area contributed by atoms with Gasteiger partial charge in [0.1, 0.15) is 21.8 Å². The standard InChI is InChI=1S/C29H28F3N5O3S/c1-16-14-18(40-22-8-4-3-7-19(22)29(30,31)32)9-10-20(16)37-21-11-12-33-27-23(21)24(35-28(37)39)25(41-27)26(38)34-17-6-5-13-36(2)15-17/h3-4,7-12,14,17,24-25H,5-6,13,15H2,1-2H3,(H,34,38)(H,35,39)/t17?,24?,25-/m1/s1. The van der Waals surface area contributed by atoms with Gasteiger partial charge in [-0.15, -0.1) is 0 Å². The average Bonchev–Trinajstić information content (AvgIpc) is 3.29. The van der Waals surface area contributed by atoms with Crippen LogP contribution in [0.15, 0.2) is 59.8 Å². The average molecular weight is 584 g/mol. The fourth-order valence-corrected chi connectivity index (χ4v) is 6.93. The lowest BCUT2D eigenvalue weighted by Gasteiger charge is -2.35. The molecule has 3 aliphatic heterocycles. The van der Waals surface area contributed by atoms with Crippen LogP contribution in [0.25, 0.3) is 0 Å². The summed E-state index contributed by atoms with van der Waals surface area (Å²) in [6, 6.07) is 10.6. The quantitative estimate of drug-likeness (QED) is 0.396. The van der Waals surface area contributed by atoms with Crippen molar-refractivity contribution in [3.05, 3.63) is 71.4 Å². The van der Waals surface area contributed by atoms with E-state index in [0.29, 0.717) is 22.0 Å². The number of carbonyl (C=O) groups is 2. The number of pyridine rings is 1. The number of ether oxygens (including phenoxy) is 1. The largest absolute Gasteiger partial charge is 0.457 e. The van der Waals surface area contributed by atoms with Gasteiger partial charge in [0, 0.05) is 24.3 Å². The Balaban J connectivity index is 1.26. The van der Waals surface area contributed by atoms with Crippen molar-refractivity contribution in [2.75, 3.05) is 25.0 Å². The second-order valence-corrected chi connectivity index (χ2v) is 11.6. The zero-order valence-electron chi connectivity index (χ0n) is 22.4. The van der Waals surface area contributed by atoms with Gasteiger partial charge in [-0.1, -0.05) is 23.9 Å². The Morgan fingerprint density at radius 3 is 2.73 bits per heavy atom. The molecule has 1 aromatic heterocycles. The number of nitrogens with one attached hydrogen (secondary N) is 2. The Morgan fingerprint density at radius 2 is 1.98 bits per heavy atom. The molecule has 1 fully saturated rings. The first kappa shape index (κ1) is 27.4. The summed E-state index contributed by atoms with van der Waals surface area (Å²) in [5.41, 5.74) is 1.67. The van der Waals surface area contributed by atoms with Crippen LogP contribution in [-0.2, 0) is 11.0 Å². The fraction of sp³-hybridized carbons (Fsp3) is 0.345. The van der Waals surface area contributed by atoms with E-state index in [0.717, 1.165) is 37.6 Å². The molecule has 0 spiro atoms. The second kappa shape index (κ2) is 10.6. The first-order valence-corrected chi connectivity index (χ1v) is 14.2. The Morgan fingerprint density at radius 1 is 1.17 bits per heavy atom. The topological polar surface area (TPSA) is 86.8 Å². The van der Waals surface area contributed by atoms with Gasteiger partial charge in [-0.25, -0.2) is 9.78 Å². The van der Waals surface area contributed by atoms with E-state index in [4.69, 9.17) is 4.74 Å². The van der Waals surface area contributed by atoms with Crippen LogP contribution in [0.2, 0.25) is 0 Å². The molecule has 0 radical (unpaired) electrons. The molecule has 0 saturated carbocycles. The molecule has 2 aromatic carbocycles. The monoisotopic (exact) mass is 583 g/mol. The van der Waals surface area contributed by atoms with Crippen molar-refractivity contribution in [3.63, 3.8) is 0 Å². The molecule has 3 atom stereocenters. The predicted molar refractivity (Wildman–Crippen MR) is 149 cm³/mol. The number of benzene rings is 2. The summed E-state index contributed by atoms with van der Waals surface area (Å²) >= 11 is 1.34. The number of likely N-dealkylation sites (tertiary alicyclic amines) is 1. The normalized spacial score (nSPS) is 22.2. The van der Waals surface area contributed by atoms with E-state index in [2.05, 4.69) is 20.5 Å². The van der Waals surface area contributed by atoms with Crippen LogP contribution < -0.4 is 20.3 Å². The molecular formula is C29H28F3N5O3S. The summed E-state index contributed by atoms with van der Waals surface area (Å²) < 4.78 is 45.9. The summed E-state index contributed by atoms with van der Waals surface area (Å²) in [5.74, 6) is -0.229. The fourth-order valence-electron chi connectivity index (χ4n) is 5.69. The van der Waals surface area contributed by atoms with Crippen molar-refractivity contribution in [2.24, 2.45) is 0 Å². The number of urea groups is 1. The Kier molecular flexibility index (Phi) is 7.06. The van der Waals surface area contributed by atoms with Gasteiger partial charge < -0.3 is 20.3 Å². The molecule has 1 saturated heterocycles. The summed E-state index contributed by atoms with van der Waals surface area (Å²) in [6.07, 6.45) is -1.02. The number of para-hydroxylation sites is 1. The maximum absolute atomic E-state index is 13.5. The van der Waals surface area contributed by atoms with Crippen molar-refractivity contribution in [1.29, 1.82) is 0 Å². The highest BCUT2D eigenvalue weighted by atomic mass is 32.2. The van der Waals surface area contributed by atoms with E-state index in [1.54, 1.807) is 31.3 Å². The van der Waals surface area contributed by atoms with Crippen LogP contribution in [0.1, 0.15) is 35.6 Å². The van der Waals surface area contributed by atoms with E-state index in [1.165, 1.54) is 40.9 Å². The van der Waals surface area contributed by atoms with Crippen LogP contribution in [0.5, 0.6) is 11.5 Å². The maximum Gasteiger partial charge on any atom is 0.419 e. The van der Waals surface area contributed by atoms with Crippen LogP contribution >= 0.6 is 11.8 Å². The molecule has 3 aliphatic rings. The van der Waals surface area contributed by atoms with Crippen LogP contribution in [-0.4, -0.2) is 53.3 Å². The highest BCUT2D eigenvalue weighted by Crippen LogP contribution is 2.51. The van der Waals surface area contributed by atoms with Crippen LogP contribution in [0, 0.1) is 6.92 Å². The van der Waals surface area contributed by atoms with E-state index in [9.17, 15) is 22.8 Å². The molecule has 41 heavy (non-hydrogen) atoms. The smallest absolute Gasteiger partial charge is 0.419 e. The molecule has 214 valence electrons. The number of carbonyl (C=O) groups excluding carboxylic acids is 2. The molecule has 2 N–H and O–H groups in total. The predicted octanol–water partition coefficient (Wildman–Crippen LogP) is 5.79. The van der Waals surface area contributed by atoms with Gasteiger partial charge in [0.2, 0.25) is 5.91 Å². The third-order valence-corrected chi connectivity index (χ3v) is 8.85. The van der Waals surface area contributed by atoms with E-state index in [1.807, 2.05) is 7.05 Å². The lowest BCUT2D eigenvalue weighted by molar-refractivity contribution is -0.138. The van der Waals surface area contributed by atoms with E-state index in [-0.39, 0.29) is 23.4 Å². The zero-order chi connectivity index (χ0) is 28.9. The van der Waals surface area contributed by atoms with Gasteiger partial charge in [0.25, 0.3) is 0 Å². The van der Waals surface area contributed by atoms with Crippen LogP contribution in [0.3, 0.4) is 0 Å². The molecule has 12 heteroatoms. The number of nitrogens with zero attached hydrogens (tertiary/aromatic N) is 3. The number of aromatic nitrogens is 1. The lowest BCUT2D eigenvalue weighted by Crippen LogP contribution is -2.52. The molecule has 3 aromatic rings. The number of alkyl halides is 3. The van der Waals surface area contributed by atoms with Crippen molar-refractivity contribution >= 4 is 35.1 Å². The molecule has 4 heterocycles. The number of anilines is 2. The van der Waals surface area contributed by atoms with Crippen molar-refractivity contribution in [3.8, 4) is 11.5 Å². The summed E-state index contributed by atoms with van der Waals surface area (Å²) in [4.78, 5) is 35.1. The number of rotatable bonds is 5. The highest BCUT2D eigenvalue weighted by Gasteiger charge is 2.47.